The van der Waals surface area contributed by atoms with Crippen LogP contribution >= 0.6 is 15.9 Å². The zero-order valence-electron chi connectivity index (χ0n) is 11.9. The van der Waals surface area contributed by atoms with Crippen LogP contribution in [0.1, 0.15) is 36.8 Å². The van der Waals surface area contributed by atoms with Gasteiger partial charge in [-0.2, -0.15) is 0 Å². The van der Waals surface area contributed by atoms with E-state index >= 15 is 0 Å². The Morgan fingerprint density at radius 1 is 1.45 bits per heavy atom. The molecule has 1 aromatic heterocycles. The second kappa shape index (κ2) is 6.21. The van der Waals surface area contributed by atoms with Gasteiger partial charge < -0.3 is 15.8 Å². The Balaban J connectivity index is 2.69. The SMILES string of the molecule is Cc1cc(N)c(C(=O)NCC(=O)OC(C)(C)C)nc1Br. The molecule has 1 amide bonds. The largest absolute Gasteiger partial charge is 0.459 e. The normalized spacial score (nSPS) is 11.1. The van der Waals surface area contributed by atoms with Gasteiger partial charge in [-0.15, -0.1) is 0 Å². The van der Waals surface area contributed by atoms with Crippen LogP contribution < -0.4 is 11.1 Å². The number of ether oxygens (including phenoxy) is 1. The van der Waals surface area contributed by atoms with Gasteiger partial charge in [-0.3, -0.25) is 9.59 Å². The van der Waals surface area contributed by atoms with Crippen molar-refractivity contribution in [2.24, 2.45) is 0 Å². The molecule has 0 saturated heterocycles. The average Bonchev–Trinajstić information content (AvgIpc) is 2.28. The van der Waals surface area contributed by atoms with Gasteiger partial charge in [0.15, 0.2) is 5.69 Å². The number of hydrogen-bond acceptors (Lipinski definition) is 5. The highest BCUT2D eigenvalue weighted by atomic mass is 79.9. The molecular weight excluding hydrogens is 326 g/mol. The van der Waals surface area contributed by atoms with Crippen LogP contribution in [0.15, 0.2) is 10.7 Å². The molecule has 0 aliphatic heterocycles. The first kappa shape index (κ1) is 16.4. The number of rotatable bonds is 3. The van der Waals surface area contributed by atoms with Crippen LogP contribution in [0.4, 0.5) is 5.69 Å². The number of esters is 1. The van der Waals surface area contributed by atoms with Crippen LogP contribution in [0.5, 0.6) is 0 Å². The highest BCUT2D eigenvalue weighted by molar-refractivity contribution is 9.10. The maximum absolute atomic E-state index is 11.9. The minimum absolute atomic E-state index is 0.0750. The molecule has 0 aliphatic carbocycles. The van der Waals surface area contributed by atoms with E-state index in [4.69, 9.17) is 10.5 Å². The molecule has 0 fully saturated rings. The Bertz CT molecular complexity index is 538. The molecule has 0 saturated carbocycles. The van der Waals surface area contributed by atoms with Crippen molar-refractivity contribution in [2.45, 2.75) is 33.3 Å². The summed E-state index contributed by atoms with van der Waals surface area (Å²) in [6, 6.07) is 1.64. The number of carbonyl (C=O) groups excluding carboxylic acids is 2. The van der Waals surface area contributed by atoms with E-state index in [1.807, 2.05) is 6.92 Å². The molecule has 1 aromatic rings. The van der Waals surface area contributed by atoms with Crippen LogP contribution in [-0.2, 0) is 9.53 Å². The molecule has 20 heavy (non-hydrogen) atoms. The van der Waals surface area contributed by atoms with Crippen molar-refractivity contribution >= 4 is 33.5 Å². The van der Waals surface area contributed by atoms with Crippen LogP contribution in [-0.4, -0.2) is 29.0 Å². The number of aryl methyl sites for hydroxylation is 1. The minimum Gasteiger partial charge on any atom is -0.459 e. The number of halogens is 1. The molecule has 0 atom stereocenters. The predicted molar refractivity (Wildman–Crippen MR) is 79.3 cm³/mol. The molecule has 0 spiro atoms. The summed E-state index contributed by atoms with van der Waals surface area (Å²) in [6.45, 7) is 6.84. The number of nitrogens with zero attached hydrogens (tertiary/aromatic N) is 1. The lowest BCUT2D eigenvalue weighted by Gasteiger charge is -2.19. The van der Waals surface area contributed by atoms with Gasteiger partial charge in [0.1, 0.15) is 16.7 Å². The molecule has 110 valence electrons. The first-order valence-electron chi connectivity index (χ1n) is 6.03. The van der Waals surface area contributed by atoms with Crippen molar-refractivity contribution in [1.82, 2.24) is 10.3 Å². The van der Waals surface area contributed by atoms with E-state index in [0.717, 1.165) is 5.56 Å². The Morgan fingerprint density at radius 2 is 2.05 bits per heavy atom. The molecule has 3 N–H and O–H groups in total. The highest BCUT2D eigenvalue weighted by Gasteiger charge is 2.18. The predicted octanol–water partition coefficient (Wildman–Crippen LogP) is 1.81. The second-order valence-electron chi connectivity index (χ2n) is 5.30. The lowest BCUT2D eigenvalue weighted by atomic mass is 10.2. The van der Waals surface area contributed by atoms with Crippen molar-refractivity contribution in [3.63, 3.8) is 0 Å². The highest BCUT2D eigenvalue weighted by Crippen LogP contribution is 2.19. The van der Waals surface area contributed by atoms with Crippen LogP contribution in [0.25, 0.3) is 0 Å². The van der Waals surface area contributed by atoms with Gasteiger partial charge in [-0.25, -0.2) is 4.98 Å². The standard InChI is InChI=1S/C13H18BrN3O3/c1-7-5-8(15)10(17-11(7)14)12(19)16-6-9(18)20-13(2,3)4/h5H,6,15H2,1-4H3,(H,16,19). The van der Waals surface area contributed by atoms with Crippen LogP contribution in [0, 0.1) is 6.92 Å². The molecule has 0 bridgehead atoms. The maximum Gasteiger partial charge on any atom is 0.325 e. The Morgan fingerprint density at radius 3 is 2.60 bits per heavy atom. The summed E-state index contributed by atoms with van der Waals surface area (Å²) < 4.78 is 5.62. The lowest BCUT2D eigenvalue weighted by molar-refractivity contribution is -0.153. The third-order valence-corrected chi connectivity index (χ3v) is 3.01. The first-order valence-corrected chi connectivity index (χ1v) is 6.82. The number of nitrogens with two attached hydrogens (primary N) is 1. The fraction of sp³-hybridized carbons (Fsp3) is 0.462. The molecule has 1 rings (SSSR count). The minimum atomic E-state index is -0.591. The smallest absolute Gasteiger partial charge is 0.325 e. The summed E-state index contributed by atoms with van der Waals surface area (Å²) in [7, 11) is 0. The molecule has 6 nitrogen and oxygen atoms in total. The van der Waals surface area contributed by atoms with E-state index in [9.17, 15) is 9.59 Å². The quantitative estimate of drug-likeness (QED) is 0.644. The van der Waals surface area contributed by atoms with E-state index in [2.05, 4.69) is 26.2 Å². The third-order valence-electron chi connectivity index (χ3n) is 2.21. The maximum atomic E-state index is 11.9. The van der Waals surface area contributed by atoms with Gasteiger partial charge in [0.05, 0.1) is 5.69 Å². The van der Waals surface area contributed by atoms with E-state index in [1.54, 1.807) is 26.8 Å². The molecule has 0 radical (unpaired) electrons. The number of carbonyl (C=O) groups is 2. The molecule has 0 aromatic carbocycles. The lowest BCUT2D eigenvalue weighted by Crippen LogP contribution is -2.35. The van der Waals surface area contributed by atoms with Gasteiger partial charge in [-0.1, -0.05) is 0 Å². The van der Waals surface area contributed by atoms with Gasteiger partial charge in [0.2, 0.25) is 0 Å². The molecule has 0 unspecified atom stereocenters. The van der Waals surface area contributed by atoms with Gasteiger partial charge in [0.25, 0.3) is 5.91 Å². The number of amides is 1. The van der Waals surface area contributed by atoms with Gasteiger partial charge in [-0.05, 0) is 55.3 Å². The number of aromatic nitrogens is 1. The van der Waals surface area contributed by atoms with Crippen molar-refractivity contribution in [3.05, 3.63) is 21.9 Å². The van der Waals surface area contributed by atoms with Crippen molar-refractivity contribution in [3.8, 4) is 0 Å². The number of nitrogen functional groups attached to an aromatic ring is 1. The van der Waals surface area contributed by atoms with Crippen LogP contribution in [0.3, 0.4) is 0 Å². The van der Waals surface area contributed by atoms with E-state index in [1.165, 1.54) is 0 Å². The van der Waals surface area contributed by atoms with Crippen molar-refractivity contribution < 1.29 is 14.3 Å². The summed E-state index contributed by atoms with van der Waals surface area (Å²) in [5.74, 6) is -1.04. The molecule has 0 aliphatic rings. The zero-order valence-corrected chi connectivity index (χ0v) is 13.5. The summed E-state index contributed by atoms with van der Waals surface area (Å²) in [4.78, 5) is 27.5. The first-order chi connectivity index (χ1) is 9.10. The Kier molecular flexibility index (Phi) is 5.10. The van der Waals surface area contributed by atoms with Crippen molar-refractivity contribution in [1.29, 1.82) is 0 Å². The van der Waals surface area contributed by atoms with Gasteiger partial charge in [0, 0.05) is 0 Å². The molecule has 1 heterocycles. The number of hydrogen-bond donors (Lipinski definition) is 2. The fourth-order valence-electron chi connectivity index (χ4n) is 1.41. The van der Waals surface area contributed by atoms with E-state index in [-0.39, 0.29) is 17.9 Å². The van der Waals surface area contributed by atoms with E-state index < -0.39 is 17.5 Å². The number of nitrogens with one attached hydrogen (secondary N) is 1. The van der Waals surface area contributed by atoms with Crippen molar-refractivity contribution in [2.75, 3.05) is 12.3 Å². The van der Waals surface area contributed by atoms with E-state index in [0.29, 0.717) is 4.60 Å². The monoisotopic (exact) mass is 343 g/mol. The average molecular weight is 344 g/mol. The topological polar surface area (TPSA) is 94.3 Å². The number of anilines is 1. The Hall–Kier alpha value is -1.63. The molecule has 7 heteroatoms. The summed E-state index contributed by atoms with van der Waals surface area (Å²) in [6.07, 6.45) is 0. The number of pyridine rings is 1. The Labute approximate surface area is 126 Å². The zero-order chi connectivity index (χ0) is 15.5. The summed E-state index contributed by atoms with van der Waals surface area (Å²) >= 11 is 3.23. The third kappa shape index (κ3) is 4.80. The van der Waals surface area contributed by atoms with Crippen LogP contribution in [0.2, 0.25) is 0 Å². The molecular formula is C13H18BrN3O3. The van der Waals surface area contributed by atoms with Gasteiger partial charge >= 0.3 is 5.97 Å². The second-order valence-corrected chi connectivity index (χ2v) is 6.05. The fourth-order valence-corrected chi connectivity index (χ4v) is 1.70. The summed E-state index contributed by atoms with van der Waals surface area (Å²) in [5, 5.41) is 2.43. The summed E-state index contributed by atoms with van der Waals surface area (Å²) in [5.41, 5.74) is 6.30.